The fourth-order valence-electron chi connectivity index (χ4n) is 4.50. The first-order chi connectivity index (χ1) is 17.8. The molecular formula is C27H29N3O6S. The summed E-state index contributed by atoms with van der Waals surface area (Å²) in [4.78, 5) is 17.9. The average Bonchev–Trinajstić information content (AvgIpc) is 3.59. The number of ether oxygens (including phenoxy) is 2. The summed E-state index contributed by atoms with van der Waals surface area (Å²) in [7, 11) is -3.76. The van der Waals surface area contributed by atoms with Crippen LogP contribution < -0.4 is 19.5 Å². The van der Waals surface area contributed by atoms with Crippen molar-refractivity contribution in [2.75, 3.05) is 18.7 Å². The van der Waals surface area contributed by atoms with Crippen LogP contribution in [0.5, 0.6) is 11.5 Å². The van der Waals surface area contributed by atoms with Crippen LogP contribution in [0.25, 0.3) is 11.3 Å². The van der Waals surface area contributed by atoms with Gasteiger partial charge in [0.25, 0.3) is 0 Å². The Kier molecular flexibility index (Phi) is 6.89. The van der Waals surface area contributed by atoms with Crippen LogP contribution in [0.1, 0.15) is 38.2 Å². The molecule has 0 radical (unpaired) electrons. The zero-order chi connectivity index (χ0) is 26.0. The van der Waals surface area contributed by atoms with Crippen LogP contribution in [-0.4, -0.2) is 43.9 Å². The van der Waals surface area contributed by atoms with Gasteiger partial charge < -0.3 is 19.9 Å². The lowest BCUT2D eigenvalue weighted by Crippen LogP contribution is -2.37. The summed E-state index contributed by atoms with van der Waals surface area (Å²) in [6.45, 7) is 1.85. The first-order valence-electron chi connectivity index (χ1n) is 12.3. The molecule has 1 aliphatic heterocycles. The van der Waals surface area contributed by atoms with Gasteiger partial charge in [-0.1, -0.05) is 37.6 Å². The van der Waals surface area contributed by atoms with Crippen LogP contribution in [0.3, 0.4) is 0 Å². The van der Waals surface area contributed by atoms with Crippen molar-refractivity contribution in [3.63, 3.8) is 0 Å². The van der Waals surface area contributed by atoms with Crippen molar-refractivity contribution in [2.45, 2.75) is 49.0 Å². The molecule has 0 unspecified atom stereocenters. The molecule has 0 saturated heterocycles. The highest BCUT2D eigenvalue weighted by Crippen LogP contribution is 2.51. The molecule has 1 aliphatic carbocycles. The van der Waals surface area contributed by atoms with Gasteiger partial charge in [-0.2, -0.15) is 0 Å². The molecule has 0 bridgehead atoms. The second-order valence-corrected chi connectivity index (χ2v) is 11.0. The third-order valence-electron chi connectivity index (χ3n) is 6.74. The molecular weight excluding hydrogens is 494 g/mol. The van der Waals surface area contributed by atoms with Gasteiger partial charge in [-0.25, -0.2) is 18.1 Å². The molecule has 1 fully saturated rings. The van der Waals surface area contributed by atoms with Crippen LogP contribution >= 0.6 is 0 Å². The summed E-state index contributed by atoms with van der Waals surface area (Å²) < 4.78 is 38.7. The number of nitrogens with one attached hydrogen (secondary N) is 2. The number of amides is 1. The molecule has 1 atom stereocenters. The molecule has 9 nitrogen and oxygen atoms in total. The van der Waals surface area contributed by atoms with E-state index in [0.29, 0.717) is 35.0 Å². The van der Waals surface area contributed by atoms with Crippen molar-refractivity contribution in [2.24, 2.45) is 0 Å². The van der Waals surface area contributed by atoms with E-state index in [4.69, 9.17) is 9.47 Å². The van der Waals surface area contributed by atoms with Crippen LogP contribution in [0, 0.1) is 0 Å². The van der Waals surface area contributed by atoms with Gasteiger partial charge in [0.2, 0.25) is 22.7 Å². The molecule has 1 aromatic heterocycles. The van der Waals surface area contributed by atoms with E-state index in [2.05, 4.69) is 15.0 Å². The van der Waals surface area contributed by atoms with Crippen LogP contribution in [0.2, 0.25) is 0 Å². The third kappa shape index (κ3) is 5.18. The number of aliphatic hydroxyl groups excluding tert-OH is 1. The van der Waals surface area contributed by atoms with E-state index in [-0.39, 0.29) is 24.2 Å². The number of rotatable bonds is 10. The summed E-state index contributed by atoms with van der Waals surface area (Å²) in [5.74, 6) is 1.61. The SMILES string of the molecule is CCC[C@@H](CO)NS(=O)(=O)c1ccc(-c2cccc(NC(=O)C3(c4ccc5c(c4)OCO5)CC3)n2)cc1. The summed E-state index contributed by atoms with van der Waals surface area (Å²) in [6, 6.07) is 16.7. The van der Waals surface area contributed by atoms with Gasteiger partial charge in [0.05, 0.1) is 22.6 Å². The van der Waals surface area contributed by atoms with Gasteiger partial charge >= 0.3 is 0 Å². The van der Waals surface area contributed by atoms with Gasteiger partial charge in [-0.15, -0.1) is 0 Å². The minimum atomic E-state index is -3.76. The molecule has 194 valence electrons. The number of carbonyl (C=O) groups is 1. The molecule has 37 heavy (non-hydrogen) atoms. The first kappa shape index (κ1) is 25.2. The van der Waals surface area contributed by atoms with Crippen LogP contribution in [0.4, 0.5) is 5.82 Å². The van der Waals surface area contributed by atoms with E-state index >= 15 is 0 Å². The van der Waals surface area contributed by atoms with Crippen molar-refractivity contribution in [1.82, 2.24) is 9.71 Å². The number of anilines is 1. The minimum absolute atomic E-state index is 0.106. The third-order valence-corrected chi connectivity index (χ3v) is 8.28. The van der Waals surface area contributed by atoms with E-state index in [1.807, 2.05) is 25.1 Å². The Balaban J connectivity index is 1.30. The molecule has 2 heterocycles. The Morgan fingerprint density at radius 3 is 2.54 bits per heavy atom. The lowest BCUT2D eigenvalue weighted by Gasteiger charge is -2.16. The number of carbonyl (C=O) groups excluding carboxylic acids is 1. The van der Waals surface area contributed by atoms with Crippen molar-refractivity contribution in [3.05, 3.63) is 66.2 Å². The Hall–Kier alpha value is -3.47. The zero-order valence-corrected chi connectivity index (χ0v) is 21.3. The lowest BCUT2D eigenvalue weighted by molar-refractivity contribution is -0.118. The average molecular weight is 524 g/mol. The number of hydrogen-bond donors (Lipinski definition) is 3. The number of fused-ring (bicyclic) bond motifs is 1. The van der Waals surface area contributed by atoms with Gasteiger partial charge in [-0.3, -0.25) is 4.79 Å². The Labute approximate surface area is 215 Å². The highest BCUT2D eigenvalue weighted by molar-refractivity contribution is 7.89. The van der Waals surface area contributed by atoms with Gasteiger partial charge in [0, 0.05) is 11.6 Å². The Morgan fingerprint density at radius 2 is 1.84 bits per heavy atom. The fourth-order valence-corrected chi connectivity index (χ4v) is 5.76. The number of benzene rings is 2. The van der Waals surface area contributed by atoms with Gasteiger partial charge in [-0.05, 0) is 61.2 Å². The predicted molar refractivity (Wildman–Crippen MR) is 138 cm³/mol. The topological polar surface area (TPSA) is 127 Å². The van der Waals surface area contributed by atoms with Crippen molar-refractivity contribution >= 4 is 21.7 Å². The van der Waals surface area contributed by atoms with Gasteiger partial charge in [0.1, 0.15) is 5.82 Å². The standard InChI is InChI=1S/C27H29N3O6S/c1-2-4-20(16-31)30-37(33,34)21-10-7-18(8-11-21)22-5-3-6-25(28-22)29-26(32)27(13-14-27)19-9-12-23-24(15-19)36-17-35-23/h3,5-12,15,20,30-31H,2,4,13-14,16-17H2,1H3,(H,28,29,32)/t20-/m0/s1. The highest BCUT2D eigenvalue weighted by Gasteiger charge is 2.51. The number of aliphatic hydroxyl groups is 1. The maximum absolute atomic E-state index is 13.2. The fraction of sp³-hybridized carbons (Fsp3) is 0.333. The molecule has 3 N–H and O–H groups in total. The molecule has 1 amide bonds. The normalized spacial score (nSPS) is 16.3. The number of sulfonamides is 1. The quantitative estimate of drug-likeness (QED) is 0.371. The number of aromatic nitrogens is 1. The van der Waals surface area contributed by atoms with Gasteiger partial charge in [0.15, 0.2) is 11.5 Å². The van der Waals surface area contributed by atoms with Crippen molar-refractivity contribution in [3.8, 4) is 22.8 Å². The van der Waals surface area contributed by atoms with E-state index < -0.39 is 21.5 Å². The highest BCUT2D eigenvalue weighted by atomic mass is 32.2. The van der Waals surface area contributed by atoms with E-state index in [1.165, 1.54) is 12.1 Å². The molecule has 5 rings (SSSR count). The van der Waals surface area contributed by atoms with E-state index in [1.54, 1.807) is 30.3 Å². The van der Waals surface area contributed by atoms with Crippen LogP contribution in [0.15, 0.2) is 65.6 Å². The van der Waals surface area contributed by atoms with E-state index in [0.717, 1.165) is 24.8 Å². The Morgan fingerprint density at radius 1 is 1.08 bits per heavy atom. The molecule has 10 heteroatoms. The summed E-state index contributed by atoms with van der Waals surface area (Å²) in [6.07, 6.45) is 2.77. The zero-order valence-electron chi connectivity index (χ0n) is 20.4. The predicted octanol–water partition coefficient (Wildman–Crippen LogP) is 3.59. The largest absolute Gasteiger partial charge is 0.454 e. The molecule has 3 aromatic rings. The monoisotopic (exact) mass is 523 g/mol. The Bertz CT molecular complexity index is 1400. The smallest absolute Gasteiger partial charge is 0.240 e. The summed E-state index contributed by atoms with van der Waals surface area (Å²) in [5, 5.41) is 12.4. The van der Waals surface area contributed by atoms with E-state index in [9.17, 15) is 18.3 Å². The number of hydrogen-bond acceptors (Lipinski definition) is 7. The second kappa shape index (κ2) is 10.1. The van der Waals surface area contributed by atoms with Crippen LogP contribution in [-0.2, 0) is 20.2 Å². The van der Waals surface area contributed by atoms with Crippen molar-refractivity contribution < 1.29 is 27.8 Å². The molecule has 2 aliphatic rings. The summed E-state index contributed by atoms with van der Waals surface area (Å²) >= 11 is 0. The number of nitrogens with zero attached hydrogens (tertiary/aromatic N) is 1. The molecule has 1 saturated carbocycles. The first-order valence-corrected chi connectivity index (χ1v) is 13.8. The second-order valence-electron chi connectivity index (χ2n) is 9.33. The minimum Gasteiger partial charge on any atom is -0.454 e. The number of pyridine rings is 1. The maximum atomic E-state index is 13.2. The lowest BCUT2D eigenvalue weighted by atomic mass is 9.94. The molecule has 0 spiro atoms. The van der Waals surface area contributed by atoms with Crippen molar-refractivity contribution in [1.29, 1.82) is 0 Å². The molecule has 2 aromatic carbocycles. The summed E-state index contributed by atoms with van der Waals surface area (Å²) in [5.41, 5.74) is 1.57. The maximum Gasteiger partial charge on any atom is 0.240 e.